The fraction of sp³-hybridized carbons (Fsp3) is 0.200. The first-order chi connectivity index (χ1) is 12.7. The van der Waals surface area contributed by atoms with E-state index in [2.05, 4.69) is 5.32 Å². The van der Waals surface area contributed by atoms with Crippen molar-refractivity contribution in [1.29, 1.82) is 0 Å². The van der Waals surface area contributed by atoms with E-state index < -0.39 is 0 Å². The smallest absolute Gasteiger partial charge is 0.261 e. The van der Waals surface area contributed by atoms with E-state index in [1.165, 1.54) is 11.3 Å². The van der Waals surface area contributed by atoms with Crippen LogP contribution in [-0.2, 0) is 17.9 Å². The molecule has 0 spiro atoms. The van der Waals surface area contributed by atoms with Crippen molar-refractivity contribution in [2.24, 2.45) is 0 Å². The Morgan fingerprint density at radius 1 is 1.00 bits per heavy atom. The zero-order valence-electron chi connectivity index (χ0n) is 14.3. The third-order valence-corrected chi connectivity index (χ3v) is 4.73. The minimum Gasteiger partial charge on any atom is -0.467 e. The summed E-state index contributed by atoms with van der Waals surface area (Å²) in [4.78, 5) is 27.0. The number of carbonyl (C=O) groups excluding carboxylic acids is 2. The molecule has 5 nitrogen and oxygen atoms in total. The largest absolute Gasteiger partial charge is 0.467 e. The summed E-state index contributed by atoms with van der Waals surface area (Å²) in [5, 5.41) is 4.65. The third kappa shape index (κ3) is 5.07. The topological polar surface area (TPSA) is 62.6 Å². The molecular weight excluding hydrogens is 348 g/mol. The average Bonchev–Trinajstić information content (AvgIpc) is 3.36. The number of hydrogen-bond donors (Lipinski definition) is 1. The van der Waals surface area contributed by atoms with Gasteiger partial charge >= 0.3 is 0 Å². The first-order valence-corrected chi connectivity index (χ1v) is 9.26. The van der Waals surface area contributed by atoms with E-state index in [-0.39, 0.29) is 18.2 Å². The zero-order chi connectivity index (χ0) is 18.2. The maximum Gasteiger partial charge on any atom is 0.261 e. The predicted molar refractivity (Wildman–Crippen MR) is 101 cm³/mol. The molecule has 2 heterocycles. The van der Waals surface area contributed by atoms with Crippen molar-refractivity contribution in [1.82, 2.24) is 10.2 Å². The van der Waals surface area contributed by atoms with Gasteiger partial charge in [-0.15, -0.1) is 11.3 Å². The Balaban J connectivity index is 1.57. The van der Waals surface area contributed by atoms with Gasteiger partial charge in [0.2, 0.25) is 5.91 Å². The van der Waals surface area contributed by atoms with Gasteiger partial charge in [-0.05, 0) is 29.1 Å². The quantitative estimate of drug-likeness (QED) is 0.660. The fourth-order valence-corrected chi connectivity index (χ4v) is 3.20. The molecule has 3 rings (SSSR count). The van der Waals surface area contributed by atoms with Crippen molar-refractivity contribution in [3.63, 3.8) is 0 Å². The standard InChI is InChI=1S/C20H20N2O3S/c23-19(10-11-21-20(24)18-9-5-13-26-18)22(15-17-8-4-12-25-17)14-16-6-2-1-3-7-16/h1-9,12-13H,10-11,14-15H2,(H,21,24). The summed E-state index contributed by atoms with van der Waals surface area (Å²) < 4.78 is 5.38. The monoisotopic (exact) mass is 368 g/mol. The van der Waals surface area contributed by atoms with Gasteiger partial charge in [0.25, 0.3) is 5.91 Å². The van der Waals surface area contributed by atoms with Crippen LogP contribution < -0.4 is 5.32 Å². The molecule has 0 unspecified atom stereocenters. The maximum absolute atomic E-state index is 12.7. The summed E-state index contributed by atoms with van der Waals surface area (Å²) in [6.07, 6.45) is 1.84. The lowest BCUT2D eigenvalue weighted by Gasteiger charge is -2.22. The highest BCUT2D eigenvalue weighted by Crippen LogP contribution is 2.12. The second-order valence-corrected chi connectivity index (χ2v) is 6.75. The van der Waals surface area contributed by atoms with Crippen LogP contribution in [0.5, 0.6) is 0 Å². The Morgan fingerprint density at radius 3 is 2.54 bits per heavy atom. The van der Waals surface area contributed by atoms with Crippen LogP contribution in [0.2, 0.25) is 0 Å². The molecule has 1 aromatic carbocycles. The van der Waals surface area contributed by atoms with E-state index in [9.17, 15) is 9.59 Å². The molecule has 0 atom stereocenters. The molecule has 3 aromatic rings. The number of hydrogen-bond acceptors (Lipinski definition) is 4. The number of nitrogens with one attached hydrogen (secondary N) is 1. The summed E-state index contributed by atoms with van der Waals surface area (Å²) in [5.41, 5.74) is 1.05. The number of amides is 2. The molecule has 2 aromatic heterocycles. The van der Waals surface area contributed by atoms with Gasteiger partial charge < -0.3 is 14.6 Å². The van der Waals surface area contributed by atoms with Gasteiger partial charge in [0, 0.05) is 19.5 Å². The van der Waals surface area contributed by atoms with Gasteiger partial charge in [-0.1, -0.05) is 36.4 Å². The summed E-state index contributed by atoms with van der Waals surface area (Å²) in [6, 6.07) is 17.1. The minimum atomic E-state index is -0.145. The van der Waals surface area contributed by atoms with Crippen LogP contribution in [0.3, 0.4) is 0 Å². The maximum atomic E-state index is 12.7. The molecule has 134 valence electrons. The zero-order valence-corrected chi connectivity index (χ0v) is 15.1. The molecule has 0 aliphatic heterocycles. The Hall–Kier alpha value is -2.86. The molecule has 0 aliphatic rings. The van der Waals surface area contributed by atoms with Crippen LogP contribution in [0, 0.1) is 0 Å². The van der Waals surface area contributed by atoms with Crippen LogP contribution in [-0.4, -0.2) is 23.3 Å². The van der Waals surface area contributed by atoms with Crippen LogP contribution >= 0.6 is 11.3 Å². The van der Waals surface area contributed by atoms with Crippen LogP contribution in [0.15, 0.2) is 70.7 Å². The Labute approximate surface area is 156 Å². The molecule has 6 heteroatoms. The molecule has 26 heavy (non-hydrogen) atoms. The number of carbonyl (C=O) groups is 2. The van der Waals surface area contributed by atoms with E-state index in [0.717, 1.165) is 11.3 Å². The molecular formula is C20H20N2O3S. The minimum absolute atomic E-state index is 0.0308. The Kier molecular flexibility index (Phi) is 6.22. The molecule has 0 aliphatic carbocycles. The van der Waals surface area contributed by atoms with Gasteiger partial charge in [0.15, 0.2) is 0 Å². The molecule has 0 bridgehead atoms. The van der Waals surface area contributed by atoms with Gasteiger partial charge in [0.1, 0.15) is 5.76 Å². The van der Waals surface area contributed by atoms with E-state index >= 15 is 0 Å². The summed E-state index contributed by atoms with van der Waals surface area (Å²) in [6.45, 7) is 1.21. The van der Waals surface area contributed by atoms with E-state index in [1.807, 2.05) is 53.9 Å². The van der Waals surface area contributed by atoms with Crippen LogP contribution in [0.1, 0.15) is 27.4 Å². The van der Waals surface area contributed by atoms with Crippen molar-refractivity contribution in [3.8, 4) is 0 Å². The molecule has 0 fully saturated rings. The van der Waals surface area contributed by atoms with Crippen molar-refractivity contribution in [2.45, 2.75) is 19.5 Å². The average molecular weight is 368 g/mol. The second-order valence-electron chi connectivity index (χ2n) is 5.80. The van der Waals surface area contributed by atoms with Crippen LogP contribution in [0.4, 0.5) is 0 Å². The first kappa shape index (κ1) is 17.9. The lowest BCUT2D eigenvalue weighted by atomic mass is 10.2. The van der Waals surface area contributed by atoms with E-state index in [0.29, 0.717) is 24.5 Å². The third-order valence-electron chi connectivity index (χ3n) is 3.87. The summed E-state index contributed by atoms with van der Waals surface area (Å²) in [7, 11) is 0. The van der Waals surface area contributed by atoms with Gasteiger partial charge in [-0.3, -0.25) is 9.59 Å². The number of thiophene rings is 1. The number of rotatable bonds is 8. The number of benzene rings is 1. The lowest BCUT2D eigenvalue weighted by Crippen LogP contribution is -2.33. The van der Waals surface area contributed by atoms with Gasteiger partial charge in [-0.25, -0.2) is 0 Å². The molecule has 0 radical (unpaired) electrons. The summed E-state index contributed by atoms with van der Waals surface area (Å²) >= 11 is 1.38. The highest BCUT2D eigenvalue weighted by molar-refractivity contribution is 7.12. The summed E-state index contributed by atoms with van der Waals surface area (Å²) in [5.74, 6) is 0.557. The highest BCUT2D eigenvalue weighted by atomic mass is 32.1. The van der Waals surface area contributed by atoms with Crippen molar-refractivity contribution in [2.75, 3.05) is 6.54 Å². The predicted octanol–water partition coefficient (Wildman–Crippen LogP) is 3.69. The number of furan rings is 1. The van der Waals surface area contributed by atoms with Crippen molar-refractivity contribution in [3.05, 3.63) is 82.4 Å². The molecule has 1 N–H and O–H groups in total. The number of nitrogens with zero attached hydrogens (tertiary/aromatic N) is 1. The second kappa shape index (κ2) is 9.01. The normalized spacial score (nSPS) is 10.5. The van der Waals surface area contributed by atoms with E-state index in [4.69, 9.17) is 4.42 Å². The van der Waals surface area contributed by atoms with Crippen molar-refractivity contribution >= 4 is 23.2 Å². The Morgan fingerprint density at radius 2 is 1.85 bits per heavy atom. The highest BCUT2D eigenvalue weighted by Gasteiger charge is 2.16. The molecule has 0 saturated carbocycles. The first-order valence-electron chi connectivity index (χ1n) is 8.38. The lowest BCUT2D eigenvalue weighted by molar-refractivity contribution is -0.132. The Bertz CT molecular complexity index is 814. The molecule has 0 saturated heterocycles. The fourth-order valence-electron chi connectivity index (χ4n) is 2.56. The SMILES string of the molecule is O=C(NCCC(=O)N(Cc1ccccc1)Cc1ccco1)c1cccs1. The van der Waals surface area contributed by atoms with Gasteiger partial charge in [-0.2, -0.15) is 0 Å². The van der Waals surface area contributed by atoms with Crippen molar-refractivity contribution < 1.29 is 14.0 Å². The van der Waals surface area contributed by atoms with E-state index in [1.54, 1.807) is 17.2 Å². The van der Waals surface area contributed by atoms with Gasteiger partial charge in [0.05, 0.1) is 17.7 Å². The van der Waals surface area contributed by atoms with Crippen LogP contribution in [0.25, 0.3) is 0 Å². The molecule has 2 amide bonds.